The first-order valence-corrected chi connectivity index (χ1v) is 7.08. The average Bonchev–Trinajstić information content (AvgIpc) is 2.40. The largest absolute Gasteiger partial charge is 0.326 e. The minimum atomic E-state index is -3.33. The Morgan fingerprint density at radius 3 is 2.29 bits per heavy atom. The van der Waals surface area contributed by atoms with Crippen molar-refractivity contribution in [1.82, 2.24) is 9.62 Å². The van der Waals surface area contributed by atoms with E-state index >= 15 is 0 Å². The molecule has 1 aliphatic rings. The molecule has 0 spiro atoms. The van der Waals surface area contributed by atoms with Gasteiger partial charge in [0.05, 0.1) is 4.90 Å². The van der Waals surface area contributed by atoms with E-state index in [2.05, 4.69) is 5.32 Å². The van der Waals surface area contributed by atoms with Gasteiger partial charge in [-0.2, -0.15) is 4.31 Å². The molecule has 0 saturated carbocycles. The summed E-state index contributed by atoms with van der Waals surface area (Å²) in [4.78, 5) is 0.344. The third-order valence-corrected chi connectivity index (χ3v) is 4.79. The Morgan fingerprint density at radius 1 is 1.18 bits per heavy atom. The van der Waals surface area contributed by atoms with Gasteiger partial charge in [0, 0.05) is 32.7 Å². The summed E-state index contributed by atoms with van der Waals surface area (Å²) < 4.78 is 26.0. The molecule has 0 unspecified atom stereocenters. The minimum Gasteiger partial charge on any atom is -0.326 e. The number of nitrogens with two attached hydrogens (primary N) is 1. The monoisotopic (exact) mass is 255 g/mol. The molecule has 0 aliphatic carbocycles. The molecule has 2 rings (SSSR count). The number of rotatable bonds is 3. The second-order valence-electron chi connectivity index (χ2n) is 4.00. The standard InChI is InChI=1S/C11H17N3O2S/c12-9-10-1-3-11(4-2-10)17(15,16)14-7-5-13-6-8-14/h1-4,13H,5-9,12H2. The topological polar surface area (TPSA) is 75.4 Å². The number of benzene rings is 1. The van der Waals surface area contributed by atoms with Gasteiger partial charge in [0.25, 0.3) is 0 Å². The third kappa shape index (κ3) is 2.66. The number of piperazine rings is 1. The van der Waals surface area contributed by atoms with Crippen molar-refractivity contribution in [2.45, 2.75) is 11.4 Å². The molecule has 0 atom stereocenters. The Labute approximate surface area is 102 Å². The molecule has 0 bridgehead atoms. The normalized spacial score (nSPS) is 18.2. The van der Waals surface area contributed by atoms with Crippen LogP contribution in [0.1, 0.15) is 5.56 Å². The third-order valence-electron chi connectivity index (χ3n) is 2.87. The Hall–Kier alpha value is -0.950. The van der Waals surface area contributed by atoms with E-state index in [9.17, 15) is 8.42 Å². The van der Waals surface area contributed by atoms with Gasteiger partial charge in [-0.3, -0.25) is 0 Å². The second kappa shape index (κ2) is 5.14. The molecule has 5 nitrogen and oxygen atoms in total. The van der Waals surface area contributed by atoms with Crippen LogP contribution in [-0.2, 0) is 16.6 Å². The minimum absolute atomic E-state index is 0.344. The zero-order valence-electron chi connectivity index (χ0n) is 9.59. The number of hydrogen-bond acceptors (Lipinski definition) is 4. The molecule has 1 heterocycles. The zero-order chi connectivity index (χ0) is 12.3. The van der Waals surface area contributed by atoms with Crippen LogP contribution in [0.25, 0.3) is 0 Å². The predicted molar refractivity (Wildman–Crippen MR) is 66.0 cm³/mol. The Bertz CT molecular complexity index is 464. The van der Waals surface area contributed by atoms with Crippen molar-refractivity contribution in [2.75, 3.05) is 26.2 Å². The zero-order valence-corrected chi connectivity index (χ0v) is 10.4. The highest BCUT2D eigenvalue weighted by Gasteiger charge is 2.25. The first-order chi connectivity index (χ1) is 8.14. The summed E-state index contributed by atoms with van der Waals surface area (Å²) in [5, 5.41) is 3.13. The van der Waals surface area contributed by atoms with Crippen molar-refractivity contribution in [3.05, 3.63) is 29.8 Å². The Balaban J connectivity index is 2.23. The van der Waals surface area contributed by atoms with Gasteiger partial charge in [-0.05, 0) is 17.7 Å². The van der Waals surface area contributed by atoms with Crippen molar-refractivity contribution in [2.24, 2.45) is 5.73 Å². The van der Waals surface area contributed by atoms with E-state index < -0.39 is 10.0 Å². The number of hydrogen-bond donors (Lipinski definition) is 2. The Kier molecular flexibility index (Phi) is 3.78. The highest BCUT2D eigenvalue weighted by Crippen LogP contribution is 2.16. The van der Waals surface area contributed by atoms with Crippen LogP contribution in [0.3, 0.4) is 0 Å². The van der Waals surface area contributed by atoms with Gasteiger partial charge in [0.15, 0.2) is 0 Å². The number of sulfonamides is 1. The molecule has 1 fully saturated rings. The molecule has 1 saturated heterocycles. The molecule has 17 heavy (non-hydrogen) atoms. The number of nitrogens with zero attached hydrogens (tertiary/aromatic N) is 1. The molecule has 0 aromatic heterocycles. The maximum absolute atomic E-state index is 12.3. The predicted octanol–water partition coefficient (Wildman–Crippen LogP) is -0.261. The molecule has 1 aromatic rings. The van der Waals surface area contributed by atoms with Gasteiger partial charge < -0.3 is 11.1 Å². The molecule has 0 amide bonds. The lowest BCUT2D eigenvalue weighted by molar-refractivity contribution is 0.360. The molecule has 6 heteroatoms. The van der Waals surface area contributed by atoms with E-state index in [4.69, 9.17) is 5.73 Å². The lowest BCUT2D eigenvalue weighted by atomic mass is 10.2. The smallest absolute Gasteiger partial charge is 0.243 e. The molecule has 94 valence electrons. The van der Waals surface area contributed by atoms with Crippen molar-refractivity contribution in [1.29, 1.82) is 0 Å². The molecule has 3 N–H and O–H groups in total. The SMILES string of the molecule is NCc1ccc(S(=O)(=O)N2CCNCC2)cc1. The fourth-order valence-corrected chi connectivity index (χ4v) is 3.27. The quantitative estimate of drug-likeness (QED) is 0.780. The molecular weight excluding hydrogens is 238 g/mol. The Morgan fingerprint density at radius 2 is 1.76 bits per heavy atom. The van der Waals surface area contributed by atoms with Crippen LogP contribution in [0.4, 0.5) is 0 Å². The maximum atomic E-state index is 12.3. The van der Waals surface area contributed by atoms with Gasteiger partial charge in [-0.25, -0.2) is 8.42 Å². The maximum Gasteiger partial charge on any atom is 0.243 e. The highest BCUT2D eigenvalue weighted by atomic mass is 32.2. The van der Waals surface area contributed by atoms with Crippen molar-refractivity contribution in [3.8, 4) is 0 Å². The molecule has 1 aromatic carbocycles. The van der Waals surface area contributed by atoms with Gasteiger partial charge >= 0.3 is 0 Å². The molecule has 0 radical (unpaired) electrons. The van der Waals surface area contributed by atoms with Crippen LogP contribution in [0.15, 0.2) is 29.2 Å². The lowest BCUT2D eigenvalue weighted by Crippen LogP contribution is -2.46. The summed E-state index contributed by atoms with van der Waals surface area (Å²) in [6.07, 6.45) is 0. The van der Waals surface area contributed by atoms with Crippen molar-refractivity contribution in [3.63, 3.8) is 0 Å². The number of nitrogens with one attached hydrogen (secondary N) is 1. The van der Waals surface area contributed by atoms with E-state index in [1.165, 1.54) is 4.31 Å². The summed E-state index contributed by atoms with van der Waals surface area (Å²) in [6.45, 7) is 2.90. The van der Waals surface area contributed by atoms with E-state index in [0.29, 0.717) is 37.6 Å². The van der Waals surface area contributed by atoms with Gasteiger partial charge in [0.1, 0.15) is 0 Å². The van der Waals surface area contributed by atoms with Crippen LogP contribution < -0.4 is 11.1 Å². The fraction of sp³-hybridized carbons (Fsp3) is 0.455. The summed E-state index contributed by atoms with van der Waals surface area (Å²) in [6, 6.07) is 6.77. The summed E-state index contributed by atoms with van der Waals surface area (Å²) in [5.41, 5.74) is 6.42. The van der Waals surface area contributed by atoms with Crippen LogP contribution in [0.5, 0.6) is 0 Å². The van der Waals surface area contributed by atoms with Crippen LogP contribution in [0, 0.1) is 0 Å². The molecular formula is C11H17N3O2S. The first-order valence-electron chi connectivity index (χ1n) is 5.64. The van der Waals surface area contributed by atoms with Crippen LogP contribution >= 0.6 is 0 Å². The average molecular weight is 255 g/mol. The fourth-order valence-electron chi connectivity index (χ4n) is 1.83. The van der Waals surface area contributed by atoms with E-state index in [1.807, 2.05) is 0 Å². The van der Waals surface area contributed by atoms with Gasteiger partial charge in [0.2, 0.25) is 10.0 Å². The highest BCUT2D eigenvalue weighted by molar-refractivity contribution is 7.89. The van der Waals surface area contributed by atoms with Crippen LogP contribution in [0.2, 0.25) is 0 Å². The first kappa shape index (κ1) is 12.5. The van der Waals surface area contributed by atoms with Crippen LogP contribution in [-0.4, -0.2) is 38.9 Å². The second-order valence-corrected chi connectivity index (χ2v) is 5.94. The van der Waals surface area contributed by atoms with E-state index in [0.717, 1.165) is 5.56 Å². The summed E-state index contributed by atoms with van der Waals surface area (Å²) in [7, 11) is -3.33. The van der Waals surface area contributed by atoms with Gasteiger partial charge in [-0.1, -0.05) is 12.1 Å². The van der Waals surface area contributed by atoms with Crippen molar-refractivity contribution < 1.29 is 8.42 Å². The van der Waals surface area contributed by atoms with Gasteiger partial charge in [-0.15, -0.1) is 0 Å². The summed E-state index contributed by atoms with van der Waals surface area (Å²) in [5.74, 6) is 0. The van der Waals surface area contributed by atoms with E-state index in [-0.39, 0.29) is 0 Å². The molecule has 1 aliphatic heterocycles. The lowest BCUT2D eigenvalue weighted by Gasteiger charge is -2.26. The van der Waals surface area contributed by atoms with Crippen molar-refractivity contribution >= 4 is 10.0 Å². The van der Waals surface area contributed by atoms with E-state index in [1.54, 1.807) is 24.3 Å². The summed E-state index contributed by atoms with van der Waals surface area (Å²) >= 11 is 0.